The number of carbonyl (C=O) groups excluding carboxylic acids is 2. The number of imide groups is 1. The quantitative estimate of drug-likeness (QED) is 0.726. The van der Waals surface area contributed by atoms with Crippen LogP contribution in [0.3, 0.4) is 0 Å². The van der Waals surface area contributed by atoms with Crippen molar-refractivity contribution >= 4 is 11.9 Å². The smallest absolute Gasteiger partial charge is 0.327 e. The molecular formula is C17H24N4O3. The lowest BCUT2D eigenvalue weighted by molar-refractivity contribution is -0.125. The van der Waals surface area contributed by atoms with Crippen LogP contribution in [0.5, 0.6) is 0 Å². The molecule has 3 heterocycles. The van der Waals surface area contributed by atoms with E-state index in [-0.39, 0.29) is 24.5 Å². The summed E-state index contributed by atoms with van der Waals surface area (Å²) in [6, 6.07) is 5.93. The van der Waals surface area contributed by atoms with Crippen molar-refractivity contribution in [3.05, 3.63) is 30.1 Å². The number of piperidine rings is 1. The first-order chi connectivity index (χ1) is 11.7. The first-order valence-corrected chi connectivity index (χ1v) is 8.41. The molecule has 0 aliphatic carbocycles. The van der Waals surface area contributed by atoms with Gasteiger partial charge in [0.05, 0.1) is 18.8 Å². The van der Waals surface area contributed by atoms with Crippen LogP contribution in [0.25, 0.3) is 0 Å². The van der Waals surface area contributed by atoms with E-state index in [1.165, 1.54) is 4.90 Å². The minimum absolute atomic E-state index is 0.118. The Kier molecular flexibility index (Phi) is 5.42. The van der Waals surface area contributed by atoms with E-state index in [1.807, 2.05) is 24.4 Å². The Bertz CT molecular complexity index is 572. The van der Waals surface area contributed by atoms with Crippen molar-refractivity contribution < 1.29 is 14.3 Å². The third-order valence-corrected chi connectivity index (χ3v) is 4.71. The number of rotatable bonds is 6. The zero-order valence-corrected chi connectivity index (χ0v) is 14.1. The molecule has 0 saturated carbocycles. The summed E-state index contributed by atoms with van der Waals surface area (Å²) in [7, 11) is 1.57. The zero-order chi connectivity index (χ0) is 16.9. The molecule has 24 heavy (non-hydrogen) atoms. The van der Waals surface area contributed by atoms with Crippen LogP contribution in [0.4, 0.5) is 4.79 Å². The second-order valence-corrected chi connectivity index (χ2v) is 6.28. The van der Waals surface area contributed by atoms with E-state index < -0.39 is 0 Å². The van der Waals surface area contributed by atoms with Gasteiger partial charge in [-0.3, -0.25) is 19.6 Å². The Morgan fingerprint density at radius 2 is 2.04 bits per heavy atom. The number of ether oxygens (including phenoxy) is 1. The van der Waals surface area contributed by atoms with Crippen molar-refractivity contribution in [1.82, 2.24) is 19.7 Å². The minimum atomic E-state index is -0.166. The first kappa shape index (κ1) is 16.9. The summed E-state index contributed by atoms with van der Waals surface area (Å²) >= 11 is 0. The highest BCUT2D eigenvalue weighted by Crippen LogP contribution is 2.22. The molecule has 0 N–H and O–H groups in total. The lowest BCUT2D eigenvalue weighted by atomic mass is 10.0. The molecule has 0 unspecified atom stereocenters. The van der Waals surface area contributed by atoms with E-state index >= 15 is 0 Å². The van der Waals surface area contributed by atoms with Crippen LogP contribution in [-0.4, -0.2) is 77.6 Å². The number of nitrogens with zero attached hydrogens (tertiary/aromatic N) is 4. The highest BCUT2D eigenvalue weighted by atomic mass is 16.5. The van der Waals surface area contributed by atoms with Gasteiger partial charge in [0, 0.05) is 39.0 Å². The molecule has 1 aromatic heterocycles. The Morgan fingerprint density at radius 3 is 2.71 bits per heavy atom. The van der Waals surface area contributed by atoms with Gasteiger partial charge in [-0.1, -0.05) is 6.07 Å². The molecule has 0 spiro atoms. The zero-order valence-electron chi connectivity index (χ0n) is 14.1. The van der Waals surface area contributed by atoms with Gasteiger partial charge in [-0.25, -0.2) is 4.79 Å². The second-order valence-electron chi connectivity index (χ2n) is 6.28. The number of carbonyl (C=O) groups is 2. The number of pyridine rings is 1. The molecular weight excluding hydrogens is 308 g/mol. The van der Waals surface area contributed by atoms with Crippen molar-refractivity contribution in [2.24, 2.45) is 0 Å². The van der Waals surface area contributed by atoms with Gasteiger partial charge in [-0.2, -0.15) is 0 Å². The Hall–Kier alpha value is -1.99. The van der Waals surface area contributed by atoms with Gasteiger partial charge in [0.1, 0.15) is 6.54 Å². The molecule has 130 valence electrons. The maximum absolute atomic E-state index is 12.4. The highest BCUT2D eigenvalue weighted by Gasteiger charge is 2.40. The molecule has 0 atom stereocenters. The van der Waals surface area contributed by atoms with Crippen LogP contribution < -0.4 is 0 Å². The summed E-state index contributed by atoms with van der Waals surface area (Å²) in [6.07, 6.45) is 3.60. The first-order valence-electron chi connectivity index (χ1n) is 8.41. The van der Waals surface area contributed by atoms with Crippen molar-refractivity contribution in [2.45, 2.75) is 25.4 Å². The van der Waals surface area contributed by atoms with E-state index in [0.29, 0.717) is 13.2 Å². The van der Waals surface area contributed by atoms with Gasteiger partial charge in [0.2, 0.25) is 5.91 Å². The Labute approximate surface area is 142 Å². The van der Waals surface area contributed by atoms with Crippen molar-refractivity contribution in [1.29, 1.82) is 0 Å². The third kappa shape index (κ3) is 3.73. The molecule has 1 aromatic rings. The minimum Gasteiger partial charge on any atom is -0.383 e. The highest BCUT2D eigenvalue weighted by molar-refractivity contribution is 6.02. The fraction of sp³-hybridized carbons (Fsp3) is 0.588. The molecule has 3 amide bonds. The van der Waals surface area contributed by atoms with Gasteiger partial charge in [0.25, 0.3) is 0 Å². The number of likely N-dealkylation sites (tertiary alicyclic amines) is 1. The van der Waals surface area contributed by atoms with Crippen LogP contribution >= 0.6 is 0 Å². The van der Waals surface area contributed by atoms with Gasteiger partial charge in [-0.05, 0) is 25.0 Å². The van der Waals surface area contributed by atoms with Crippen molar-refractivity contribution in [3.63, 3.8) is 0 Å². The number of aromatic nitrogens is 1. The number of urea groups is 1. The fourth-order valence-electron chi connectivity index (χ4n) is 3.36. The van der Waals surface area contributed by atoms with Crippen LogP contribution in [0, 0.1) is 0 Å². The van der Waals surface area contributed by atoms with E-state index in [9.17, 15) is 9.59 Å². The molecule has 2 saturated heterocycles. The molecule has 3 rings (SSSR count). The predicted octanol–water partition coefficient (Wildman–Crippen LogP) is 0.957. The van der Waals surface area contributed by atoms with Crippen LogP contribution in [-0.2, 0) is 16.1 Å². The molecule has 0 aromatic carbocycles. The molecule has 2 fully saturated rings. The molecule has 7 heteroatoms. The fourth-order valence-corrected chi connectivity index (χ4v) is 3.36. The summed E-state index contributed by atoms with van der Waals surface area (Å²) in [4.78, 5) is 34.2. The molecule has 7 nitrogen and oxygen atoms in total. The van der Waals surface area contributed by atoms with E-state index in [1.54, 1.807) is 12.0 Å². The van der Waals surface area contributed by atoms with Crippen LogP contribution in [0.2, 0.25) is 0 Å². The van der Waals surface area contributed by atoms with Crippen molar-refractivity contribution in [2.75, 3.05) is 39.9 Å². The molecule has 0 bridgehead atoms. The summed E-state index contributed by atoms with van der Waals surface area (Å²) < 4.78 is 4.97. The average Bonchev–Trinajstić information content (AvgIpc) is 2.89. The molecule has 0 radical (unpaired) electrons. The van der Waals surface area contributed by atoms with Gasteiger partial charge >= 0.3 is 6.03 Å². The Morgan fingerprint density at radius 1 is 1.25 bits per heavy atom. The predicted molar refractivity (Wildman–Crippen MR) is 88.2 cm³/mol. The topological polar surface area (TPSA) is 66.0 Å². The molecule has 2 aliphatic heterocycles. The lowest BCUT2D eigenvalue weighted by Gasteiger charge is -2.35. The SMILES string of the molecule is COCCN1C(=O)CN(C2CCN(Cc3ccccn3)CC2)C1=O. The number of methoxy groups -OCH3 is 1. The second kappa shape index (κ2) is 7.72. The summed E-state index contributed by atoms with van der Waals surface area (Å²) in [6.45, 7) is 3.58. The summed E-state index contributed by atoms with van der Waals surface area (Å²) in [5.41, 5.74) is 1.06. The van der Waals surface area contributed by atoms with E-state index in [4.69, 9.17) is 4.74 Å². The third-order valence-electron chi connectivity index (χ3n) is 4.71. The van der Waals surface area contributed by atoms with Crippen LogP contribution in [0.1, 0.15) is 18.5 Å². The molecule has 2 aliphatic rings. The van der Waals surface area contributed by atoms with E-state index in [0.717, 1.165) is 38.2 Å². The van der Waals surface area contributed by atoms with Gasteiger partial charge in [0.15, 0.2) is 0 Å². The van der Waals surface area contributed by atoms with Crippen LogP contribution in [0.15, 0.2) is 24.4 Å². The number of amides is 3. The maximum atomic E-state index is 12.4. The monoisotopic (exact) mass is 332 g/mol. The maximum Gasteiger partial charge on any atom is 0.327 e. The average molecular weight is 332 g/mol. The standard InChI is InChI=1S/C17H24N4O3/c1-24-11-10-20-16(22)13-21(17(20)23)15-5-8-19(9-6-15)12-14-4-2-3-7-18-14/h2-4,7,15H,5-6,8-13H2,1H3. The Balaban J connectivity index is 1.51. The van der Waals surface area contributed by atoms with Gasteiger partial charge in [-0.15, -0.1) is 0 Å². The number of hydrogen-bond donors (Lipinski definition) is 0. The largest absolute Gasteiger partial charge is 0.383 e. The van der Waals surface area contributed by atoms with Gasteiger partial charge < -0.3 is 9.64 Å². The summed E-state index contributed by atoms with van der Waals surface area (Å²) in [5.74, 6) is -0.118. The van der Waals surface area contributed by atoms with E-state index in [2.05, 4.69) is 9.88 Å². The lowest BCUT2D eigenvalue weighted by Crippen LogP contribution is -2.46. The number of hydrogen-bond acceptors (Lipinski definition) is 5. The normalized spacial score (nSPS) is 20.2. The van der Waals surface area contributed by atoms with Crippen molar-refractivity contribution in [3.8, 4) is 0 Å². The summed E-state index contributed by atoms with van der Waals surface area (Å²) in [5, 5.41) is 0.